The van der Waals surface area contributed by atoms with E-state index in [4.69, 9.17) is 18.0 Å². The van der Waals surface area contributed by atoms with Gasteiger partial charge in [-0.2, -0.15) is 5.10 Å². The number of nitrogens with two attached hydrogens (primary N) is 1. The van der Waals surface area contributed by atoms with Crippen LogP contribution in [-0.4, -0.2) is 24.9 Å². The van der Waals surface area contributed by atoms with E-state index in [-0.39, 0.29) is 17.1 Å². The number of rotatable bonds is 5. The van der Waals surface area contributed by atoms with Gasteiger partial charge in [-0.25, -0.2) is 18.4 Å². The zero-order valence-electron chi connectivity index (χ0n) is 11.2. The predicted molar refractivity (Wildman–Crippen MR) is 76.2 cm³/mol. The summed E-state index contributed by atoms with van der Waals surface area (Å²) in [6.45, 7) is 1.45. The minimum Gasteiger partial charge on any atom is -0.393 e. The molecule has 8 heteroatoms. The Balaban J connectivity index is 2.51. The van der Waals surface area contributed by atoms with E-state index in [1.165, 1.54) is 23.4 Å². The van der Waals surface area contributed by atoms with Crippen molar-refractivity contribution in [3.05, 3.63) is 48.1 Å². The first-order valence-corrected chi connectivity index (χ1v) is 6.55. The monoisotopic (exact) mass is 312 g/mol. The maximum absolute atomic E-state index is 14.1. The van der Waals surface area contributed by atoms with Crippen LogP contribution in [0, 0.1) is 17.6 Å². The Bertz CT molecular complexity index is 650. The summed E-state index contributed by atoms with van der Waals surface area (Å²) < 4.78 is 28.5. The van der Waals surface area contributed by atoms with Crippen molar-refractivity contribution in [2.75, 3.05) is 0 Å². The smallest absolute Gasteiger partial charge is 0.137 e. The number of hydrogen-bond acceptors (Lipinski definition) is 4. The van der Waals surface area contributed by atoms with Crippen LogP contribution in [0.2, 0.25) is 0 Å². The van der Waals surface area contributed by atoms with Crippen molar-refractivity contribution in [2.24, 2.45) is 11.7 Å². The summed E-state index contributed by atoms with van der Waals surface area (Å²) in [5.74, 6) is -2.36. The highest BCUT2D eigenvalue weighted by molar-refractivity contribution is 7.80. The molecule has 0 aliphatic carbocycles. The quantitative estimate of drug-likeness (QED) is 0.815. The number of thiocarbonyl (C=S) groups is 1. The SMILES string of the molecule is C[C@@H](C(N)=S)[C@](O)(Cn1cncn1)c1ccc(F)cc1F. The zero-order valence-corrected chi connectivity index (χ0v) is 12.0. The maximum atomic E-state index is 14.1. The van der Waals surface area contributed by atoms with Gasteiger partial charge in [-0.3, -0.25) is 0 Å². The second-order valence-corrected chi connectivity index (χ2v) is 5.24. The molecule has 2 atom stereocenters. The fourth-order valence-electron chi connectivity index (χ4n) is 2.09. The lowest BCUT2D eigenvalue weighted by Gasteiger charge is -2.34. The number of aromatic nitrogens is 3. The summed E-state index contributed by atoms with van der Waals surface area (Å²) in [6.07, 6.45) is 2.66. The van der Waals surface area contributed by atoms with Crippen molar-refractivity contribution in [3.8, 4) is 0 Å². The van der Waals surface area contributed by atoms with Gasteiger partial charge in [0.25, 0.3) is 0 Å². The van der Waals surface area contributed by atoms with Gasteiger partial charge in [0, 0.05) is 17.5 Å². The Morgan fingerprint density at radius 3 is 2.76 bits per heavy atom. The Labute approximate surface area is 125 Å². The molecule has 0 amide bonds. The third-order valence-corrected chi connectivity index (χ3v) is 3.76. The van der Waals surface area contributed by atoms with Crippen LogP contribution in [0.1, 0.15) is 12.5 Å². The normalized spacial score (nSPS) is 15.4. The van der Waals surface area contributed by atoms with Gasteiger partial charge in [0.15, 0.2) is 0 Å². The van der Waals surface area contributed by atoms with Crippen molar-refractivity contribution in [2.45, 2.75) is 19.1 Å². The van der Waals surface area contributed by atoms with Gasteiger partial charge in [0.2, 0.25) is 0 Å². The van der Waals surface area contributed by atoms with E-state index in [9.17, 15) is 13.9 Å². The van der Waals surface area contributed by atoms with Gasteiger partial charge in [0.1, 0.15) is 29.9 Å². The van der Waals surface area contributed by atoms with Crippen LogP contribution < -0.4 is 5.73 Å². The molecule has 0 spiro atoms. The minimum absolute atomic E-state index is 0.0151. The van der Waals surface area contributed by atoms with Crippen LogP contribution >= 0.6 is 12.2 Å². The maximum Gasteiger partial charge on any atom is 0.137 e. The zero-order chi connectivity index (χ0) is 15.6. The van der Waals surface area contributed by atoms with Gasteiger partial charge in [-0.1, -0.05) is 25.2 Å². The molecule has 1 heterocycles. The molecule has 5 nitrogen and oxygen atoms in total. The third kappa shape index (κ3) is 3.06. The van der Waals surface area contributed by atoms with E-state index in [0.29, 0.717) is 6.07 Å². The molecule has 0 saturated carbocycles. The van der Waals surface area contributed by atoms with Crippen molar-refractivity contribution in [1.29, 1.82) is 0 Å². The van der Waals surface area contributed by atoms with Crippen molar-refractivity contribution < 1.29 is 13.9 Å². The van der Waals surface area contributed by atoms with E-state index in [2.05, 4.69) is 10.1 Å². The molecular weight excluding hydrogens is 298 g/mol. The summed E-state index contributed by atoms with van der Waals surface area (Å²) in [6, 6.07) is 2.95. The molecule has 1 aromatic heterocycles. The molecular formula is C13H14F2N4OS. The summed E-state index contributed by atoms with van der Waals surface area (Å²) in [7, 11) is 0. The standard InChI is InChI=1S/C13H14F2N4OS/c1-8(12(16)21)13(20,5-19-7-17-6-18-19)10-3-2-9(14)4-11(10)15/h2-4,6-8,20H,5H2,1H3,(H2,16,21)/t8-,13+/m0/s1. The van der Waals surface area contributed by atoms with Crippen LogP contribution in [0.25, 0.3) is 0 Å². The highest BCUT2D eigenvalue weighted by Gasteiger charge is 2.40. The number of aliphatic hydroxyl groups is 1. The fourth-order valence-corrected chi connectivity index (χ4v) is 2.29. The first kappa shape index (κ1) is 15.5. The predicted octanol–water partition coefficient (Wildman–Crippen LogP) is 1.37. The summed E-state index contributed by atoms with van der Waals surface area (Å²) in [4.78, 5) is 3.78. The van der Waals surface area contributed by atoms with E-state index >= 15 is 0 Å². The average Bonchev–Trinajstić information content (AvgIpc) is 2.89. The van der Waals surface area contributed by atoms with E-state index in [1.54, 1.807) is 6.92 Å². The van der Waals surface area contributed by atoms with Gasteiger partial charge >= 0.3 is 0 Å². The van der Waals surface area contributed by atoms with E-state index < -0.39 is 23.2 Å². The molecule has 0 aliphatic rings. The van der Waals surface area contributed by atoms with Crippen LogP contribution in [0.3, 0.4) is 0 Å². The van der Waals surface area contributed by atoms with Crippen LogP contribution in [-0.2, 0) is 12.1 Å². The molecule has 21 heavy (non-hydrogen) atoms. The fraction of sp³-hybridized carbons (Fsp3) is 0.308. The van der Waals surface area contributed by atoms with Gasteiger partial charge in [-0.15, -0.1) is 0 Å². The molecule has 0 fully saturated rings. The molecule has 0 aliphatic heterocycles. The molecule has 3 N–H and O–H groups in total. The van der Waals surface area contributed by atoms with Crippen molar-refractivity contribution in [1.82, 2.24) is 14.8 Å². The van der Waals surface area contributed by atoms with Gasteiger partial charge in [-0.05, 0) is 6.07 Å². The summed E-state index contributed by atoms with van der Waals surface area (Å²) in [5.41, 5.74) is 3.73. The van der Waals surface area contributed by atoms with Crippen LogP contribution in [0.5, 0.6) is 0 Å². The Hall–Kier alpha value is -1.93. The second kappa shape index (κ2) is 5.82. The third-order valence-electron chi connectivity index (χ3n) is 3.41. The lowest BCUT2D eigenvalue weighted by molar-refractivity contribution is -0.0153. The highest BCUT2D eigenvalue weighted by atomic mass is 32.1. The van der Waals surface area contributed by atoms with Crippen molar-refractivity contribution >= 4 is 17.2 Å². The molecule has 2 aromatic rings. The molecule has 112 valence electrons. The topological polar surface area (TPSA) is 77.0 Å². The molecule has 0 bridgehead atoms. The number of nitrogens with zero attached hydrogens (tertiary/aromatic N) is 3. The average molecular weight is 312 g/mol. The first-order valence-electron chi connectivity index (χ1n) is 6.14. The first-order chi connectivity index (χ1) is 9.84. The van der Waals surface area contributed by atoms with Crippen LogP contribution in [0.15, 0.2) is 30.9 Å². The molecule has 1 aromatic carbocycles. The van der Waals surface area contributed by atoms with Crippen molar-refractivity contribution in [3.63, 3.8) is 0 Å². The molecule has 0 unspecified atom stereocenters. The summed E-state index contributed by atoms with van der Waals surface area (Å²) in [5, 5.41) is 14.8. The van der Waals surface area contributed by atoms with Gasteiger partial charge < -0.3 is 10.8 Å². The second-order valence-electron chi connectivity index (χ2n) is 4.77. The Morgan fingerprint density at radius 2 is 2.24 bits per heavy atom. The highest BCUT2D eigenvalue weighted by Crippen LogP contribution is 2.33. The van der Waals surface area contributed by atoms with Gasteiger partial charge in [0.05, 0.1) is 11.5 Å². The van der Waals surface area contributed by atoms with E-state index in [1.807, 2.05) is 0 Å². The molecule has 2 rings (SSSR count). The molecule has 0 saturated heterocycles. The Morgan fingerprint density at radius 1 is 1.52 bits per heavy atom. The number of halogens is 2. The number of hydrogen-bond donors (Lipinski definition) is 2. The number of benzene rings is 1. The largest absolute Gasteiger partial charge is 0.393 e. The lowest BCUT2D eigenvalue weighted by atomic mass is 9.81. The Kier molecular flexibility index (Phi) is 4.29. The molecule has 0 radical (unpaired) electrons. The summed E-state index contributed by atoms with van der Waals surface area (Å²) >= 11 is 4.91. The van der Waals surface area contributed by atoms with Crippen LogP contribution in [0.4, 0.5) is 8.78 Å². The van der Waals surface area contributed by atoms with E-state index in [0.717, 1.165) is 6.07 Å². The lowest BCUT2D eigenvalue weighted by Crippen LogP contribution is -2.44. The minimum atomic E-state index is -1.77.